The van der Waals surface area contributed by atoms with Crippen molar-refractivity contribution in [1.29, 1.82) is 0 Å². The first kappa shape index (κ1) is 10.9. The first-order valence-electron chi connectivity index (χ1n) is 3.72. The van der Waals surface area contributed by atoms with Crippen molar-refractivity contribution in [3.8, 4) is 0 Å². The van der Waals surface area contributed by atoms with Crippen LogP contribution in [-0.4, -0.2) is 21.9 Å². The van der Waals surface area contributed by atoms with E-state index in [0.29, 0.717) is 9.50 Å². The van der Waals surface area contributed by atoms with E-state index in [9.17, 15) is 4.39 Å². The van der Waals surface area contributed by atoms with Crippen LogP contribution in [0.1, 0.15) is 6.92 Å². The molecular weight excluding hydrogens is 257 g/mol. The summed E-state index contributed by atoms with van der Waals surface area (Å²) >= 11 is 4.34. The molecule has 1 unspecified atom stereocenters. The van der Waals surface area contributed by atoms with E-state index in [4.69, 9.17) is 5.11 Å². The largest absolute Gasteiger partial charge is 0.395 e. The average molecular weight is 266 g/mol. The average Bonchev–Trinajstić information content (AvgIpc) is 2.09. The first-order valence-corrected chi connectivity index (χ1v) is 5.39. The number of rotatable bonds is 3. The standard InChI is InChI=1S/C8H9BrFNOS/c1-5(4-12)13-8-7(10)2-6(9)3-11-8/h2-3,5,12H,4H2,1H3. The predicted octanol–water partition coefficient (Wildman–Crippen LogP) is 2.46. The van der Waals surface area contributed by atoms with Crippen LogP contribution < -0.4 is 0 Å². The highest BCUT2D eigenvalue weighted by atomic mass is 79.9. The molecule has 0 bridgehead atoms. The molecule has 13 heavy (non-hydrogen) atoms. The van der Waals surface area contributed by atoms with Crippen LogP contribution in [0.15, 0.2) is 21.8 Å². The van der Waals surface area contributed by atoms with Crippen LogP contribution in [0.25, 0.3) is 0 Å². The fraction of sp³-hybridized carbons (Fsp3) is 0.375. The molecule has 1 rings (SSSR count). The molecule has 0 spiro atoms. The molecule has 0 saturated heterocycles. The molecule has 0 aromatic carbocycles. The zero-order chi connectivity index (χ0) is 9.84. The van der Waals surface area contributed by atoms with Crippen molar-refractivity contribution in [1.82, 2.24) is 4.98 Å². The van der Waals surface area contributed by atoms with E-state index in [-0.39, 0.29) is 17.7 Å². The molecule has 0 fully saturated rings. The lowest BCUT2D eigenvalue weighted by Crippen LogP contribution is -2.03. The number of nitrogens with zero attached hydrogens (tertiary/aromatic N) is 1. The van der Waals surface area contributed by atoms with E-state index < -0.39 is 0 Å². The molecular formula is C8H9BrFNOS. The number of thioether (sulfide) groups is 1. The Balaban J connectivity index is 2.77. The van der Waals surface area contributed by atoms with Crippen molar-refractivity contribution in [2.24, 2.45) is 0 Å². The molecule has 0 radical (unpaired) electrons. The maximum Gasteiger partial charge on any atom is 0.156 e. The van der Waals surface area contributed by atoms with Gasteiger partial charge in [0.05, 0.1) is 6.61 Å². The highest BCUT2D eigenvalue weighted by Gasteiger charge is 2.09. The summed E-state index contributed by atoms with van der Waals surface area (Å²) in [6.45, 7) is 1.83. The zero-order valence-electron chi connectivity index (χ0n) is 7.00. The van der Waals surface area contributed by atoms with E-state index in [1.54, 1.807) is 0 Å². The number of aliphatic hydroxyl groups excluding tert-OH is 1. The Bertz CT molecular complexity index is 297. The fourth-order valence-corrected chi connectivity index (χ4v) is 1.76. The van der Waals surface area contributed by atoms with Crippen molar-refractivity contribution < 1.29 is 9.50 Å². The molecule has 5 heteroatoms. The van der Waals surface area contributed by atoms with Crippen molar-refractivity contribution in [3.63, 3.8) is 0 Å². The summed E-state index contributed by atoms with van der Waals surface area (Å²) in [5.74, 6) is -0.361. The number of hydrogen-bond donors (Lipinski definition) is 1. The van der Waals surface area contributed by atoms with Crippen LogP contribution in [0.4, 0.5) is 4.39 Å². The number of pyridine rings is 1. The summed E-state index contributed by atoms with van der Waals surface area (Å²) in [4.78, 5) is 3.90. The molecule has 0 aliphatic carbocycles. The van der Waals surface area contributed by atoms with Gasteiger partial charge in [-0.25, -0.2) is 9.37 Å². The van der Waals surface area contributed by atoms with Gasteiger partial charge in [-0.3, -0.25) is 0 Å². The highest BCUT2D eigenvalue weighted by Crippen LogP contribution is 2.25. The second-order valence-electron chi connectivity index (χ2n) is 2.55. The molecule has 1 aromatic heterocycles. The van der Waals surface area contributed by atoms with Gasteiger partial charge in [0.1, 0.15) is 5.03 Å². The van der Waals surface area contributed by atoms with Gasteiger partial charge in [-0.1, -0.05) is 18.7 Å². The Morgan fingerprint density at radius 2 is 2.46 bits per heavy atom. The number of halogens is 2. The van der Waals surface area contributed by atoms with Crippen LogP contribution in [0, 0.1) is 5.82 Å². The molecule has 1 aromatic rings. The minimum atomic E-state index is -0.361. The molecule has 1 heterocycles. The topological polar surface area (TPSA) is 33.1 Å². The molecule has 0 aliphatic rings. The highest BCUT2D eigenvalue weighted by molar-refractivity contribution is 9.10. The van der Waals surface area contributed by atoms with Gasteiger partial charge in [-0.2, -0.15) is 0 Å². The van der Waals surface area contributed by atoms with Gasteiger partial charge in [0, 0.05) is 15.9 Å². The monoisotopic (exact) mass is 265 g/mol. The second kappa shape index (κ2) is 4.93. The minimum Gasteiger partial charge on any atom is -0.395 e. The third kappa shape index (κ3) is 3.25. The SMILES string of the molecule is CC(CO)Sc1ncc(Br)cc1F. The Morgan fingerprint density at radius 1 is 1.77 bits per heavy atom. The van der Waals surface area contributed by atoms with Crippen molar-refractivity contribution in [3.05, 3.63) is 22.6 Å². The summed E-state index contributed by atoms with van der Waals surface area (Å²) in [5.41, 5.74) is 0. The van der Waals surface area contributed by atoms with Gasteiger partial charge in [-0.05, 0) is 22.0 Å². The second-order valence-corrected chi connectivity index (χ2v) is 4.89. The maximum atomic E-state index is 13.2. The van der Waals surface area contributed by atoms with E-state index in [1.165, 1.54) is 24.0 Å². The lowest BCUT2D eigenvalue weighted by atomic mass is 10.5. The van der Waals surface area contributed by atoms with Crippen LogP contribution in [0.2, 0.25) is 0 Å². The van der Waals surface area contributed by atoms with Gasteiger partial charge in [0.2, 0.25) is 0 Å². The normalized spacial score (nSPS) is 12.9. The quantitative estimate of drug-likeness (QED) is 0.853. The van der Waals surface area contributed by atoms with E-state index in [2.05, 4.69) is 20.9 Å². The van der Waals surface area contributed by atoms with Crippen LogP contribution >= 0.6 is 27.7 Å². The molecule has 1 atom stereocenters. The lowest BCUT2D eigenvalue weighted by molar-refractivity contribution is 0.300. The zero-order valence-corrected chi connectivity index (χ0v) is 9.40. The van der Waals surface area contributed by atoms with Gasteiger partial charge >= 0.3 is 0 Å². The van der Waals surface area contributed by atoms with E-state index in [0.717, 1.165) is 0 Å². The Kier molecular flexibility index (Phi) is 4.15. The number of aliphatic hydroxyl groups is 1. The maximum absolute atomic E-state index is 13.2. The third-order valence-electron chi connectivity index (χ3n) is 1.34. The van der Waals surface area contributed by atoms with Gasteiger partial charge in [0.25, 0.3) is 0 Å². The third-order valence-corrected chi connectivity index (χ3v) is 2.85. The molecule has 2 nitrogen and oxygen atoms in total. The summed E-state index contributed by atoms with van der Waals surface area (Å²) in [5, 5.41) is 9.05. The Morgan fingerprint density at radius 3 is 3.00 bits per heavy atom. The summed E-state index contributed by atoms with van der Waals surface area (Å²) in [6, 6.07) is 1.36. The summed E-state index contributed by atoms with van der Waals surface area (Å²) in [7, 11) is 0. The van der Waals surface area contributed by atoms with Crippen molar-refractivity contribution in [2.45, 2.75) is 17.2 Å². The molecule has 72 valence electrons. The Hall–Kier alpha value is -0.130. The van der Waals surface area contributed by atoms with Gasteiger partial charge in [-0.15, -0.1) is 0 Å². The van der Waals surface area contributed by atoms with Crippen LogP contribution in [0.3, 0.4) is 0 Å². The molecule has 0 aliphatic heterocycles. The van der Waals surface area contributed by atoms with E-state index >= 15 is 0 Å². The molecule has 0 saturated carbocycles. The summed E-state index contributed by atoms with van der Waals surface area (Å²) < 4.78 is 13.8. The fourth-order valence-electron chi connectivity index (χ4n) is 0.717. The lowest BCUT2D eigenvalue weighted by Gasteiger charge is -2.06. The van der Waals surface area contributed by atoms with Crippen LogP contribution in [-0.2, 0) is 0 Å². The van der Waals surface area contributed by atoms with Crippen molar-refractivity contribution >= 4 is 27.7 Å². The van der Waals surface area contributed by atoms with Gasteiger partial charge < -0.3 is 5.11 Å². The number of hydrogen-bond acceptors (Lipinski definition) is 3. The minimum absolute atomic E-state index is 0.0157. The Labute approximate surface area is 88.7 Å². The predicted molar refractivity (Wildman–Crippen MR) is 54.3 cm³/mol. The van der Waals surface area contributed by atoms with Crippen molar-refractivity contribution in [2.75, 3.05) is 6.61 Å². The summed E-state index contributed by atoms with van der Waals surface area (Å²) in [6.07, 6.45) is 1.54. The molecule has 1 N–H and O–H groups in total. The van der Waals surface area contributed by atoms with Gasteiger partial charge in [0.15, 0.2) is 5.82 Å². The number of aromatic nitrogens is 1. The smallest absolute Gasteiger partial charge is 0.156 e. The van der Waals surface area contributed by atoms with Crippen LogP contribution in [0.5, 0.6) is 0 Å². The van der Waals surface area contributed by atoms with E-state index in [1.807, 2.05) is 6.92 Å². The first-order chi connectivity index (χ1) is 6.13. The molecule has 0 amide bonds.